The second kappa shape index (κ2) is 5.91. The van der Waals surface area contributed by atoms with Gasteiger partial charge in [-0.2, -0.15) is 0 Å². The van der Waals surface area contributed by atoms with Crippen LogP contribution in [0.2, 0.25) is 10.0 Å². The van der Waals surface area contributed by atoms with Crippen LogP contribution in [0.3, 0.4) is 0 Å². The number of ether oxygens (including phenoxy) is 1. The first-order valence-corrected chi connectivity index (χ1v) is 6.53. The number of benzene rings is 1. The van der Waals surface area contributed by atoms with Gasteiger partial charge in [0.1, 0.15) is 5.75 Å². The third-order valence-electron chi connectivity index (χ3n) is 2.84. The van der Waals surface area contributed by atoms with E-state index in [2.05, 4.69) is 5.32 Å². The van der Waals surface area contributed by atoms with Gasteiger partial charge in [-0.05, 0) is 31.6 Å². The number of halogens is 2. The van der Waals surface area contributed by atoms with E-state index in [4.69, 9.17) is 33.7 Å². The lowest BCUT2D eigenvalue weighted by molar-refractivity contribution is 0.253. The number of nitrogens with two attached hydrogens (primary N) is 1. The molecule has 2 rings (SSSR count). The fourth-order valence-corrected chi connectivity index (χ4v) is 2.58. The van der Waals surface area contributed by atoms with Crippen LogP contribution in [0.15, 0.2) is 12.1 Å². The van der Waals surface area contributed by atoms with Crippen molar-refractivity contribution in [1.82, 2.24) is 5.32 Å². The molecule has 0 amide bonds. The highest BCUT2D eigenvalue weighted by Gasteiger charge is 2.23. The van der Waals surface area contributed by atoms with Crippen molar-refractivity contribution < 1.29 is 4.74 Å². The summed E-state index contributed by atoms with van der Waals surface area (Å²) in [6, 6.07) is 3.88. The molecule has 1 aromatic carbocycles. The SMILES string of the molecule is NCCCNC1CCOc2c(Cl)cc(Cl)cc21. The smallest absolute Gasteiger partial charge is 0.142 e. The van der Waals surface area contributed by atoms with Gasteiger partial charge in [-0.3, -0.25) is 0 Å². The van der Waals surface area contributed by atoms with Gasteiger partial charge in [0.25, 0.3) is 0 Å². The number of rotatable bonds is 4. The third kappa shape index (κ3) is 3.05. The number of hydrogen-bond acceptors (Lipinski definition) is 3. The van der Waals surface area contributed by atoms with Crippen LogP contribution in [0.5, 0.6) is 5.75 Å². The van der Waals surface area contributed by atoms with E-state index < -0.39 is 0 Å². The molecule has 1 aromatic rings. The molecule has 0 bridgehead atoms. The Bertz CT molecular complexity index is 398. The summed E-state index contributed by atoms with van der Waals surface area (Å²) in [6.07, 6.45) is 1.88. The largest absolute Gasteiger partial charge is 0.492 e. The highest BCUT2D eigenvalue weighted by atomic mass is 35.5. The molecular weight excluding hydrogens is 259 g/mol. The van der Waals surface area contributed by atoms with Crippen molar-refractivity contribution in [2.45, 2.75) is 18.9 Å². The van der Waals surface area contributed by atoms with Crippen LogP contribution in [-0.2, 0) is 0 Å². The van der Waals surface area contributed by atoms with Crippen LogP contribution >= 0.6 is 23.2 Å². The van der Waals surface area contributed by atoms with Crippen molar-refractivity contribution in [3.63, 3.8) is 0 Å². The van der Waals surface area contributed by atoms with Gasteiger partial charge >= 0.3 is 0 Å². The third-order valence-corrected chi connectivity index (χ3v) is 3.34. The quantitative estimate of drug-likeness (QED) is 0.831. The zero-order valence-corrected chi connectivity index (χ0v) is 11.0. The lowest BCUT2D eigenvalue weighted by Crippen LogP contribution is -2.28. The Hall–Kier alpha value is -0.480. The van der Waals surface area contributed by atoms with Gasteiger partial charge in [-0.25, -0.2) is 0 Å². The predicted octanol–water partition coefficient (Wildman–Crippen LogP) is 2.76. The van der Waals surface area contributed by atoms with Crippen LogP contribution in [0.4, 0.5) is 0 Å². The molecule has 0 aromatic heterocycles. The van der Waals surface area contributed by atoms with Gasteiger partial charge < -0.3 is 15.8 Å². The van der Waals surface area contributed by atoms with Crippen LogP contribution in [-0.4, -0.2) is 19.7 Å². The zero-order chi connectivity index (χ0) is 12.3. The fourth-order valence-electron chi connectivity index (χ4n) is 2.02. The molecule has 94 valence electrons. The zero-order valence-electron chi connectivity index (χ0n) is 9.51. The lowest BCUT2D eigenvalue weighted by Gasteiger charge is -2.27. The van der Waals surface area contributed by atoms with E-state index in [1.807, 2.05) is 6.07 Å². The maximum atomic E-state index is 6.12. The standard InChI is InChI=1S/C12H16Cl2N2O/c13-8-6-9-11(16-4-1-3-15)2-5-17-12(9)10(14)7-8/h6-7,11,16H,1-5,15H2. The van der Waals surface area contributed by atoms with Gasteiger partial charge in [0.15, 0.2) is 0 Å². The molecule has 1 unspecified atom stereocenters. The topological polar surface area (TPSA) is 47.3 Å². The molecule has 3 nitrogen and oxygen atoms in total. The van der Waals surface area contributed by atoms with Crippen molar-refractivity contribution >= 4 is 23.2 Å². The van der Waals surface area contributed by atoms with Crippen LogP contribution in [0.1, 0.15) is 24.4 Å². The summed E-state index contributed by atoms with van der Waals surface area (Å²) >= 11 is 12.1. The summed E-state index contributed by atoms with van der Waals surface area (Å²) < 4.78 is 5.59. The molecule has 5 heteroatoms. The summed E-state index contributed by atoms with van der Waals surface area (Å²) in [7, 11) is 0. The molecule has 0 saturated heterocycles. The summed E-state index contributed by atoms with van der Waals surface area (Å²) in [5, 5.41) is 4.68. The van der Waals surface area contributed by atoms with E-state index in [1.54, 1.807) is 6.07 Å². The van der Waals surface area contributed by atoms with E-state index >= 15 is 0 Å². The Balaban J connectivity index is 2.18. The summed E-state index contributed by atoms with van der Waals surface area (Å²) in [6.45, 7) is 2.26. The van der Waals surface area contributed by atoms with Gasteiger partial charge in [0.05, 0.1) is 11.6 Å². The van der Waals surface area contributed by atoms with Gasteiger partial charge in [-0.1, -0.05) is 23.2 Å². The average molecular weight is 275 g/mol. The number of nitrogens with one attached hydrogen (secondary N) is 1. The second-order valence-corrected chi connectivity index (χ2v) is 4.94. The summed E-state index contributed by atoms with van der Waals surface area (Å²) in [5.74, 6) is 0.757. The molecule has 0 saturated carbocycles. The van der Waals surface area contributed by atoms with Gasteiger partial charge in [0, 0.05) is 23.0 Å². The molecular formula is C12H16Cl2N2O. The van der Waals surface area contributed by atoms with Gasteiger partial charge in [0.2, 0.25) is 0 Å². The Morgan fingerprint density at radius 2 is 2.24 bits per heavy atom. The molecule has 1 aliphatic heterocycles. The molecule has 1 aliphatic rings. The maximum absolute atomic E-state index is 6.12. The molecule has 0 aliphatic carbocycles. The minimum Gasteiger partial charge on any atom is -0.492 e. The van der Waals surface area contributed by atoms with E-state index in [1.165, 1.54) is 0 Å². The Morgan fingerprint density at radius 3 is 3.00 bits per heavy atom. The first-order chi connectivity index (χ1) is 8.22. The van der Waals surface area contributed by atoms with E-state index in [9.17, 15) is 0 Å². The minimum absolute atomic E-state index is 0.251. The van der Waals surface area contributed by atoms with E-state index in [0.29, 0.717) is 23.2 Å². The van der Waals surface area contributed by atoms with Crippen molar-refractivity contribution in [2.75, 3.05) is 19.7 Å². The van der Waals surface area contributed by atoms with Crippen molar-refractivity contribution in [3.8, 4) is 5.75 Å². The Morgan fingerprint density at radius 1 is 1.41 bits per heavy atom. The highest BCUT2D eigenvalue weighted by molar-refractivity contribution is 6.35. The van der Waals surface area contributed by atoms with Crippen molar-refractivity contribution in [1.29, 1.82) is 0 Å². The predicted molar refractivity (Wildman–Crippen MR) is 71.0 cm³/mol. The normalized spacial score (nSPS) is 18.6. The first kappa shape index (κ1) is 13.0. The molecule has 0 radical (unpaired) electrons. The van der Waals surface area contributed by atoms with E-state index in [0.717, 1.165) is 30.7 Å². The lowest BCUT2D eigenvalue weighted by atomic mass is 10.0. The summed E-state index contributed by atoms with van der Waals surface area (Å²) in [5.41, 5.74) is 6.53. The van der Waals surface area contributed by atoms with Crippen molar-refractivity contribution in [3.05, 3.63) is 27.7 Å². The molecule has 1 atom stereocenters. The molecule has 0 spiro atoms. The van der Waals surface area contributed by atoms with Crippen molar-refractivity contribution in [2.24, 2.45) is 5.73 Å². The molecule has 0 fully saturated rings. The van der Waals surface area contributed by atoms with Crippen LogP contribution in [0.25, 0.3) is 0 Å². The Kier molecular flexibility index (Phi) is 4.51. The van der Waals surface area contributed by atoms with Crippen LogP contribution in [0, 0.1) is 0 Å². The molecule has 1 heterocycles. The Labute approximate surface area is 111 Å². The monoisotopic (exact) mass is 274 g/mol. The van der Waals surface area contributed by atoms with Gasteiger partial charge in [-0.15, -0.1) is 0 Å². The number of fused-ring (bicyclic) bond motifs is 1. The molecule has 17 heavy (non-hydrogen) atoms. The number of hydrogen-bond donors (Lipinski definition) is 2. The van der Waals surface area contributed by atoms with Crippen LogP contribution < -0.4 is 15.8 Å². The fraction of sp³-hybridized carbons (Fsp3) is 0.500. The summed E-state index contributed by atoms with van der Waals surface area (Å²) in [4.78, 5) is 0. The second-order valence-electron chi connectivity index (χ2n) is 4.09. The minimum atomic E-state index is 0.251. The first-order valence-electron chi connectivity index (χ1n) is 5.77. The maximum Gasteiger partial charge on any atom is 0.142 e. The molecule has 3 N–H and O–H groups in total. The van der Waals surface area contributed by atoms with E-state index in [-0.39, 0.29) is 6.04 Å². The highest BCUT2D eigenvalue weighted by Crippen LogP contribution is 2.39. The average Bonchev–Trinajstić information content (AvgIpc) is 2.30.